The van der Waals surface area contributed by atoms with Crippen LogP contribution in [0.1, 0.15) is 46.0 Å². The molecule has 0 unspecified atom stereocenters. The summed E-state index contributed by atoms with van der Waals surface area (Å²) in [5, 5.41) is 6.03. The van der Waals surface area contributed by atoms with Crippen LogP contribution in [0.4, 0.5) is 0 Å². The van der Waals surface area contributed by atoms with E-state index >= 15 is 0 Å². The summed E-state index contributed by atoms with van der Waals surface area (Å²) in [6.45, 7) is 3.80. The average molecular weight is 324 g/mol. The lowest BCUT2D eigenvalue weighted by molar-refractivity contribution is 0.0949. The Hall–Kier alpha value is -2.46. The maximum absolute atomic E-state index is 12.0. The van der Waals surface area contributed by atoms with Gasteiger partial charge in [-0.05, 0) is 30.7 Å². The Morgan fingerprint density at radius 2 is 1.62 bits per heavy atom. The first-order valence-electron chi connectivity index (χ1n) is 8.37. The molecule has 24 heavy (non-hydrogen) atoms. The standard InChI is InChI=1S/C20H24N2O2/c1-2-3-13-21-15-19(23)17-11-9-16(10-12-17)14-22-20(24)18-7-5-4-6-8-18/h4-12,21H,2-3,13-15H2,1H3,(H,22,24). The van der Waals surface area contributed by atoms with E-state index in [1.807, 2.05) is 42.5 Å². The Morgan fingerprint density at radius 1 is 0.917 bits per heavy atom. The van der Waals surface area contributed by atoms with Crippen LogP contribution in [-0.4, -0.2) is 24.8 Å². The van der Waals surface area contributed by atoms with Gasteiger partial charge < -0.3 is 10.6 Å². The molecule has 0 aliphatic rings. The van der Waals surface area contributed by atoms with E-state index in [1.54, 1.807) is 12.1 Å². The van der Waals surface area contributed by atoms with Gasteiger partial charge in [-0.1, -0.05) is 55.8 Å². The number of unbranched alkanes of at least 4 members (excludes halogenated alkanes) is 1. The molecule has 0 heterocycles. The molecule has 0 aliphatic heterocycles. The van der Waals surface area contributed by atoms with Crippen LogP contribution in [0.3, 0.4) is 0 Å². The first kappa shape index (κ1) is 17.9. The molecule has 0 saturated heterocycles. The molecule has 2 rings (SSSR count). The number of rotatable bonds is 9. The SMILES string of the molecule is CCCCNCC(=O)c1ccc(CNC(=O)c2ccccc2)cc1. The monoisotopic (exact) mass is 324 g/mol. The first-order chi connectivity index (χ1) is 11.7. The van der Waals surface area contributed by atoms with Crippen molar-refractivity contribution in [3.63, 3.8) is 0 Å². The van der Waals surface area contributed by atoms with Crippen LogP contribution in [0, 0.1) is 0 Å². The van der Waals surface area contributed by atoms with E-state index < -0.39 is 0 Å². The number of Topliss-reactive ketones (excluding diaryl/α,β-unsaturated/α-hetero) is 1. The Kier molecular flexibility index (Phi) is 7.18. The van der Waals surface area contributed by atoms with Crippen LogP contribution in [-0.2, 0) is 6.54 Å². The lowest BCUT2D eigenvalue weighted by Gasteiger charge is -2.07. The van der Waals surface area contributed by atoms with E-state index in [2.05, 4.69) is 17.6 Å². The fourth-order valence-electron chi connectivity index (χ4n) is 2.29. The molecule has 4 nitrogen and oxygen atoms in total. The number of ketones is 1. The van der Waals surface area contributed by atoms with Crippen molar-refractivity contribution < 1.29 is 9.59 Å². The molecule has 0 radical (unpaired) electrons. The number of nitrogens with one attached hydrogen (secondary N) is 2. The van der Waals surface area contributed by atoms with Crippen molar-refractivity contribution in [2.24, 2.45) is 0 Å². The van der Waals surface area contributed by atoms with Gasteiger partial charge in [0.2, 0.25) is 0 Å². The van der Waals surface area contributed by atoms with Gasteiger partial charge in [0.25, 0.3) is 5.91 Å². The minimum Gasteiger partial charge on any atom is -0.348 e. The van der Waals surface area contributed by atoms with Gasteiger partial charge in [0.05, 0.1) is 6.54 Å². The molecule has 126 valence electrons. The Bertz CT molecular complexity index is 651. The molecular weight excluding hydrogens is 300 g/mol. The van der Waals surface area contributed by atoms with Crippen molar-refractivity contribution >= 4 is 11.7 Å². The summed E-state index contributed by atoms with van der Waals surface area (Å²) in [7, 11) is 0. The molecule has 2 aromatic rings. The van der Waals surface area contributed by atoms with Crippen LogP contribution in [0.25, 0.3) is 0 Å². The highest BCUT2D eigenvalue weighted by Gasteiger charge is 2.06. The fraction of sp³-hybridized carbons (Fsp3) is 0.300. The second-order valence-electron chi connectivity index (χ2n) is 5.70. The van der Waals surface area contributed by atoms with Crippen molar-refractivity contribution in [1.82, 2.24) is 10.6 Å². The Labute approximate surface area is 143 Å². The van der Waals surface area contributed by atoms with Crippen molar-refractivity contribution in [2.45, 2.75) is 26.3 Å². The van der Waals surface area contributed by atoms with Crippen LogP contribution < -0.4 is 10.6 Å². The van der Waals surface area contributed by atoms with Crippen molar-refractivity contribution in [3.05, 3.63) is 71.3 Å². The third-order valence-electron chi connectivity index (χ3n) is 3.76. The van der Waals surface area contributed by atoms with Gasteiger partial charge >= 0.3 is 0 Å². The maximum Gasteiger partial charge on any atom is 0.251 e. The predicted octanol–water partition coefficient (Wildman–Crippen LogP) is 3.19. The third kappa shape index (κ3) is 5.63. The number of amides is 1. The molecule has 2 N–H and O–H groups in total. The van der Waals surface area contributed by atoms with E-state index in [0.29, 0.717) is 24.2 Å². The zero-order valence-electron chi connectivity index (χ0n) is 14.0. The van der Waals surface area contributed by atoms with Crippen LogP contribution in [0.2, 0.25) is 0 Å². The molecule has 1 amide bonds. The minimum atomic E-state index is -0.101. The second-order valence-corrected chi connectivity index (χ2v) is 5.70. The lowest BCUT2D eigenvalue weighted by atomic mass is 10.1. The van der Waals surface area contributed by atoms with Crippen molar-refractivity contribution in [3.8, 4) is 0 Å². The van der Waals surface area contributed by atoms with Crippen LogP contribution >= 0.6 is 0 Å². The van der Waals surface area contributed by atoms with Gasteiger partial charge in [-0.2, -0.15) is 0 Å². The normalized spacial score (nSPS) is 10.4. The topological polar surface area (TPSA) is 58.2 Å². The Morgan fingerprint density at radius 3 is 2.29 bits per heavy atom. The van der Waals surface area contributed by atoms with E-state index in [1.165, 1.54) is 0 Å². The highest BCUT2D eigenvalue weighted by Crippen LogP contribution is 2.06. The number of carbonyl (C=O) groups excluding carboxylic acids is 2. The predicted molar refractivity (Wildman–Crippen MR) is 96.2 cm³/mol. The highest BCUT2D eigenvalue weighted by atomic mass is 16.1. The van der Waals surface area contributed by atoms with Crippen molar-refractivity contribution in [1.29, 1.82) is 0 Å². The summed E-state index contributed by atoms with van der Waals surface area (Å²) in [5.41, 5.74) is 2.30. The van der Waals surface area contributed by atoms with Gasteiger partial charge in [0.15, 0.2) is 5.78 Å². The van der Waals surface area contributed by atoms with Crippen molar-refractivity contribution in [2.75, 3.05) is 13.1 Å². The molecular formula is C20H24N2O2. The summed E-state index contributed by atoms with van der Waals surface area (Å²) >= 11 is 0. The zero-order valence-corrected chi connectivity index (χ0v) is 14.0. The fourth-order valence-corrected chi connectivity index (χ4v) is 2.29. The summed E-state index contributed by atoms with van der Waals surface area (Å²) in [6.07, 6.45) is 2.19. The van der Waals surface area contributed by atoms with E-state index in [-0.39, 0.29) is 11.7 Å². The summed E-state index contributed by atoms with van der Waals surface area (Å²) in [6, 6.07) is 16.5. The van der Waals surface area contributed by atoms with Crippen LogP contribution in [0.5, 0.6) is 0 Å². The molecule has 0 fully saturated rings. The molecule has 2 aromatic carbocycles. The third-order valence-corrected chi connectivity index (χ3v) is 3.76. The number of hydrogen-bond donors (Lipinski definition) is 2. The summed E-state index contributed by atoms with van der Waals surface area (Å²) in [5.74, 6) is -0.0122. The van der Waals surface area contributed by atoms with Crippen LogP contribution in [0.15, 0.2) is 54.6 Å². The average Bonchev–Trinajstić information content (AvgIpc) is 2.64. The largest absolute Gasteiger partial charge is 0.348 e. The number of hydrogen-bond acceptors (Lipinski definition) is 3. The van der Waals surface area contributed by atoms with Gasteiger partial charge in [0, 0.05) is 17.7 Å². The molecule has 0 aliphatic carbocycles. The zero-order chi connectivity index (χ0) is 17.2. The molecule has 0 aromatic heterocycles. The smallest absolute Gasteiger partial charge is 0.251 e. The molecule has 0 bridgehead atoms. The lowest BCUT2D eigenvalue weighted by Crippen LogP contribution is -2.24. The molecule has 0 atom stereocenters. The minimum absolute atomic E-state index is 0.0889. The summed E-state index contributed by atoms with van der Waals surface area (Å²) < 4.78 is 0. The number of benzene rings is 2. The van der Waals surface area contributed by atoms with E-state index in [9.17, 15) is 9.59 Å². The Balaban J connectivity index is 1.81. The van der Waals surface area contributed by atoms with Gasteiger partial charge in [-0.15, -0.1) is 0 Å². The van der Waals surface area contributed by atoms with Gasteiger partial charge in [-0.25, -0.2) is 0 Å². The van der Waals surface area contributed by atoms with Gasteiger partial charge in [-0.3, -0.25) is 9.59 Å². The summed E-state index contributed by atoms with van der Waals surface area (Å²) in [4.78, 5) is 24.0. The number of carbonyl (C=O) groups is 2. The highest BCUT2D eigenvalue weighted by molar-refractivity contribution is 5.97. The maximum atomic E-state index is 12.0. The quantitative estimate of drug-likeness (QED) is 0.550. The van der Waals surface area contributed by atoms with Gasteiger partial charge in [0.1, 0.15) is 0 Å². The molecule has 0 spiro atoms. The van der Waals surface area contributed by atoms with E-state index in [0.717, 1.165) is 24.9 Å². The molecule has 4 heteroatoms. The second kappa shape index (κ2) is 9.63. The molecule has 0 saturated carbocycles. The van der Waals surface area contributed by atoms with E-state index in [4.69, 9.17) is 0 Å². The first-order valence-corrected chi connectivity index (χ1v) is 8.37.